The van der Waals surface area contributed by atoms with Crippen molar-refractivity contribution in [3.05, 3.63) is 0 Å². The average molecular weight is 254 g/mol. The summed E-state index contributed by atoms with van der Waals surface area (Å²) in [5.41, 5.74) is 0.260. The Morgan fingerprint density at radius 3 is 2.61 bits per heavy atom. The van der Waals surface area contributed by atoms with E-state index in [1.807, 2.05) is 0 Å². The predicted octanol–water partition coefficient (Wildman–Crippen LogP) is 3.31. The maximum atomic E-state index is 11.4. The van der Waals surface area contributed by atoms with E-state index in [0.717, 1.165) is 19.3 Å². The van der Waals surface area contributed by atoms with Gasteiger partial charge in [0.15, 0.2) is 0 Å². The lowest BCUT2D eigenvalue weighted by atomic mass is 9.76. The van der Waals surface area contributed by atoms with E-state index >= 15 is 0 Å². The summed E-state index contributed by atoms with van der Waals surface area (Å²) in [6.07, 6.45) is 3.77. The molecule has 2 heterocycles. The van der Waals surface area contributed by atoms with Crippen molar-refractivity contribution in [2.24, 2.45) is 10.8 Å². The molecule has 1 unspecified atom stereocenters. The van der Waals surface area contributed by atoms with Crippen molar-refractivity contribution in [3.8, 4) is 0 Å². The second-order valence-corrected chi connectivity index (χ2v) is 7.53. The van der Waals surface area contributed by atoms with Gasteiger partial charge in [0.2, 0.25) is 0 Å². The smallest absolute Gasteiger partial charge is 0.306 e. The van der Waals surface area contributed by atoms with E-state index < -0.39 is 0 Å². The van der Waals surface area contributed by atoms with Gasteiger partial charge in [0.1, 0.15) is 6.10 Å². The summed E-state index contributed by atoms with van der Waals surface area (Å²) in [5.74, 6) is -0.0654. The molecule has 3 nitrogen and oxygen atoms in total. The number of esters is 1. The fraction of sp³-hybridized carbons (Fsp3) is 0.933. The van der Waals surface area contributed by atoms with Gasteiger partial charge in [0.05, 0.1) is 12.2 Å². The van der Waals surface area contributed by atoms with Gasteiger partial charge in [-0.05, 0) is 24.7 Å². The highest BCUT2D eigenvalue weighted by Crippen LogP contribution is 2.46. The number of rotatable bonds is 2. The topological polar surface area (TPSA) is 35.5 Å². The van der Waals surface area contributed by atoms with E-state index in [-0.39, 0.29) is 29.7 Å². The van der Waals surface area contributed by atoms with Gasteiger partial charge < -0.3 is 9.47 Å². The third-order valence-corrected chi connectivity index (χ3v) is 4.29. The van der Waals surface area contributed by atoms with Gasteiger partial charge in [0.25, 0.3) is 0 Å². The molecule has 0 radical (unpaired) electrons. The molecule has 3 heteroatoms. The van der Waals surface area contributed by atoms with E-state index in [4.69, 9.17) is 9.47 Å². The van der Waals surface area contributed by atoms with Crippen LogP contribution in [-0.2, 0) is 14.3 Å². The normalized spacial score (nSPS) is 35.2. The fourth-order valence-corrected chi connectivity index (χ4v) is 3.03. The summed E-state index contributed by atoms with van der Waals surface area (Å²) in [4.78, 5) is 11.4. The molecule has 2 rings (SSSR count). The molecule has 2 fully saturated rings. The Kier molecular flexibility index (Phi) is 3.48. The van der Waals surface area contributed by atoms with Gasteiger partial charge in [-0.1, -0.05) is 34.6 Å². The molecule has 2 aliphatic rings. The molecule has 0 amide bonds. The van der Waals surface area contributed by atoms with Crippen molar-refractivity contribution in [2.45, 2.75) is 78.6 Å². The lowest BCUT2D eigenvalue weighted by Crippen LogP contribution is -2.42. The molecule has 0 bridgehead atoms. The quantitative estimate of drug-likeness (QED) is 0.709. The van der Waals surface area contributed by atoms with Gasteiger partial charge in [-0.3, -0.25) is 4.79 Å². The molecule has 104 valence electrons. The molecular weight excluding hydrogens is 228 g/mol. The Labute approximate surface area is 110 Å². The van der Waals surface area contributed by atoms with Crippen molar-refractivity contribution in [3.63, 3.8) is 0 Å². The summed E-state index contributed by atoms with van der Waals surface area (Å²) >= 11 is 0. The number of fused-ring (bicyclic) bond motifs is 1. The summed E-state index contributed by atoms with van der Waals surface area (Å²) in [6, 6.07) is 0. The van der Waals surface area contributed by atoms with E-state index in [9.17, 15) is 4.79 Å². The first-order valence-electron chi connectivity index (χ1n) is 7.05. The molecule has 0 aliphatic carbocycles. The Hall–Kier alpha value is -0.570. The molecule has 0 aromatic heterocycles. The van der Waals surface area contributed by atoms with Crippen LogP contribution in [0.5, 0.6) is 0 Å². The zero-order valence-electron chi connectivity index (χ0n) is 12.3. The van der Waals surface area contributed by atoms with E-state index in [1.54, 1.807) is 0 Å². The van der Waals surface area contributed by atoms with Crippen molar-refractivity contribution in [2.75, 3.05) is 0 Å². The van der Waals surface area contributed by atoms with Crippen LogP contribution in [0.3, 0.4) is 0 Å². The first-order chi connectivity index (χ1) is 8.20. The second-order valence-electron chi connectivity index (χ2n) is 7.53. The van der Waals surface area contributed by atoms with Crippen molar-refractivity contribution >= 4 is 5.97 Å². The zero-order valence-corrected chi connectivity index (χ0v) is 12.3. The van der Waals surface area contributed by atoms with Gasteiger partial charge in [-0.25, -0.2) is 0 Å². The number of hydrogen-bond donors (Lipinski definition) is 0. The SMILES string of the molecule is CC(C)(C)CC[C@@H]1OC2CCC(=O)O[C@H]2C1(C)C. The maximum absolute atomic E-state index is 11.4. The van der Waals surface area contributed by atoms with E-state index in [2.05, 4.69) is 34.6 Å². The molecule has 2 saturated heterocycles. The van der Waals surface area contributed by atoms with Crippen molar-refractivity contribution in [1.82, 2.24) is 0 Å². The average Bonchev–Trinajstić information content (AvgIpc) is 2.47. The molecule has 0 saturated carbocycles. The van der Waals surface area contributed by atoms with Crippen LogP contribution in [0.2, 0.25) is 0 Å². The molecule has 0 spiro atoms. The standard InChI is InChI=1S/C15H26O3/c1-14(2,3)9-8-11-15(4,5)13-10(17-11)6-7-12(16)18-13/h10-11,13H,6-9H2,1-5H3/t10?,11-,13+/m0/s1. The minimum Gasteiger partial charge on any atom is -0.459 e. The van der Waals surface area contributed by atoms with Gasteiger partial charge >= 0.3 is 5.97 Å². The molecule has 3 atom stereocenters. The van der Waals surface area contributed by atoms with Crippen molar-refractivity contribution < 1.29 is 14.3 Å². The number of hydrogen-bond acceptors (Lipinski definition) is 3. The Bertz CT molecular complexity index is 327. The van der Waals surface area contributed by atoms with Crippen LogP contribution in [0.4, 0.5) is 0 Å². The Balaban J connectivity index is 2.03. The molecule has 2 aliphatic heterocycles. The zero-order chi connectivity index (χ0) is 13.6. The summed E-state index contributed by atoms with van der Waals surface area (Å²) < 4.78 is 11.7. The van der Waals surface area contributed by atoms with Crippen LogP contribution in [0, 0.1) is 10.8 Å². The Morgan fingerprint density at radius 1 is 1.33 bits per heavy atom. The molecular formula is C15H26O3. The highest BCUT2D eigenvalue weighted by Gasteiger charge is 2.53. The maximum Gasteiger partial charge on any atom is 0.306 e. The molecule has 18 heavy (non-hydrogen) atoms. The minimum absolute atomic E-state index is 0.0521. The predicted molar refractivity (Wildman–Crippen MR) is 70.2 cm³/mol. The third kappa shape index (κ3) is 2.71. The van der Waals surface area contributed by atoms with Crippen LogP contribution >= 0.6 is 0 Å². The Morgan fingerprint density at radius 2 is 2.00 bits per heavy atom. The monoisotopic (exact) mass is 254 g/mol. The third-order valence-electron chi connectivity index (χ3n) is 4.29. The van der Waals surface area contributed by atoms with Crippen LogP contribution in [0.1, 0.15) is 60.3 Å². The molecule has 0 aromatic carbocycles. The second kappa shape index (κ2) is 4.52. The first-order valence-corrected chi connectivity index (χ1v) is 7.05. The molecule has 0 N–H and O–H groups in total. The molecule has 0 aromatic rings. The summed E-state index contributed by atoms with van der Waals surface area (Å²) in [6.45, 7) is 11.1. The first kappa shape index (κ1) is 13.9. The van der Waals surface area contributed by atoms with Crippen LogP contribution in [-0.4, -0.2) is 24.3 Å². The van der Waals surface area contributed by atoms with Crippen molar-refractivity contribution in [1.29, 1.82) is 0 Å². The number of carbonyl (C=O) groups is 1. The summed E-state index contributed by atoms with van der Waals surface area (Å²) in [5, 5.41) is 0. The van der Waals surface area contributed by atoms with Crippen LogP contribution in [0.15, 0.2) is 0 Å². The van der Waals surface area contributed by atoms with Crippen LogP contribution in [0.25, 0.3) is 0 Å². The largest absolute Gasteiger partial charge is 0.459 e. The number of carbonyl (C=O) groups excluding carboxylic acids is 1. The minimum atomic E-state index is -0.0654. The fourth-order valence-electron chi connectivity index (χ4n) is 3.03. The van der Waals surface area contributed by atoms with Crippen LogP contribution < -0.4 is 0 Å². The highest BCUT2D eigenvalue weighted by atomic mass is 16.6. The van der Waals surface area contributed by atoms with Gasteiger partial charge in [-0.15, -0.1) is 0 Å². The van der Waals surface area contributed by atoms with Gasteiger partial charge in [-0.2, -0.15) is 0 Å². The highest BCUT2D eigenvalue weighted by molar-refractivity contribution is 5.70. The number of ether oxygens (including phenoxy) is 2. The lowest BCUT2D eigenvalue weighted by molar-refractivity contribution is -0.163. The van der Waals surface area contributed by atoms with E-state index in [1.165, 1.54) is 0 Å². The lowest BCUT2D eigenvalue weighted by Gasteiger charge is -2.33. The van der Waals surface area contributed by atoms with E-state index in [0.29, 0.717) is 11.8 Å². The van der Waals surface area contributed by atoms with Gasteiger partial charge in [0, 0.05) is 11.8 Å². The summed E-state index contributed by atoms with van der Waals surface area (Å²) in [7, 11) is 0.